The third kappa shape index (κ3) is 7.24. The number of nitrogens with zero attached hydrogens (tertiary/aromatic N) is 4. The molecule has 1 aliphatic heterocycles. The van der Waals surface area contributed by atoms with Crippen LogP contribution in [0.25, 0.3) is 11.4 Å². The minimum Gasteiger partial charge on any atom is -0.508 e. The van der Waals surface area contributed by atoms with E-state index < -0.39 is 0 Å². The van der Waals surface area contributed by atoms with E-state index in [2.05, 4.69) is 82.3 Å². The molecule has 1 fully saturated rings. The van der Waals surface area contributed by atoms with Gasteiger partial charge in [-0.15, -0.1) is 0 Å². The van der Waals surface area contributed by atoms with Gasteiger partial charge in [-0.3, -0.25) is 14.6 Å². The highest BCUT2D eigenvalue weighted by Crippen LogP contribution is 2.36. The monoisotopic (exact) mass is 568 g/mol. The highest BCUT2D eigenvalue weighted by atomic mass is 16.5. The van der Waals surface area contributed by atoms with E-state index in [0.29, 0.717) is 43.6 Å². The predicted molar refractivity (Wildman–Crippen MR) is 162 cm³/mol. The zero-order valence-corrected chi connectivity index (χ0v) is 24.6. The summed E-state index contributed by atoms with van der Waals surface area (Å²) in [5.41, 5.74) is 4.32. The van der Waals surface area contributed by atoms with E-state index in [1.54, 1.807) is 13.0 Å². The molecule has 4 aromatic rings. The number of hydrogen-bond acceptors (Lipinski definition) is 8. The number of piperazine rings is 1. The molecule has 220 valence electrons. The standard InChI is InChI=1S/C34H40N4O4/c1-4-41-32(40)18-10-17-31-35-34(36-42-31)29-15-8-13-27(19-29)33(28-14-9-16-30(39)20-28)38-22-24(2)37(21-25(38)3)23-26-11-6-5-7-12-26/h5-9,11-16,19-20,24-25,33,39H,4,10,17-18,21-23H2,1-3H3. The molecule has 5 rings (SSSR count). The van der Waals surface area contributed by atoms with Gasteiger partial charge in [-0.25, -0.2) is 0 Å². The molecule has 0 amide bonds. The molecule has 8 heteroatoms. The van der Waals surface area contributed by atoms with E-state index in [9.17, 15) is 9.90 Å². The van der Waals surface area contributed by atoms with Crippen LogP contribution in [0.15, 0.2) is 83.4 Å². The second kappa shape index (κ2) is 13.8. The molecule has 0 aliphatic carbocycles. The highest BCUT2D eigenvalue weighted by molar-refractivity contribution is 5.69. The van der Waals surface area contributed by atoms with Gasteiger partial charge < -0.3 is 14.4 Å². The van der Waals surface area contributed by atoms with E-state index >= 15 is 0 Å². The lowest BCUT2D eigenvalue weighted by Gasteiger charge is -2.47. The van der Waals surface area contributed by atoms with Gasteiger partial charge in [-0.2, -0.15) is 4.98 Å². The molecule has 1 aliphatic rings. The molecule has 3 atom stereocenters. The zero-order valence-electron chi connectivity index (χ0n) is 24.6. The Balaban J connectivity index is 1.38. The van der Waals surface area contributed by atoms with Gasteiger partial charge in [0.25, 0.3) is 0 Å². The average Bonchev–Trinajstić information content (AvgIpc) is 3.46. The number of phenolic OH excluding ortho intramolecular Hbond substituents is 1. The fraction of sp³-hybridized carbons (Fsp3) is 0.382. The number of carbonyl (C=O) groups excluding carboxylic acids is 1. The maximum absolute atomic E-state index is 11.7. The van der Waals surface area contributed by atoms with Gasteiger partial charge >= 0.3 is 5.97 Å². The fourth-order valence-corrected chi connectivity index (χ4v) is 5.83. The molecule has 8 nitrogen and oxygen atoms in total. The lowest BCUT2D eigenvalue weighted by atomic mass is 9.92. The zero-order chi connectivity index (χ0) is 29.5. The van der Waals surface area contributed by atoms with Crippen molar-refractivity contribution in [1.29, 1.82) is 0 Å². The van der Waals surface area contributed by atoms with Crippen LogP contribution in [-0.4, -0.2) is 62.8 Å². The molecule has 1 N–H and O–H groups in total. The van der Waals surface area contributed by atoms with E-state index in [0.717, 1.165) is 36.3 Å². The Hall–Kier alpha value is -4.01. The van der Waals surface area contributed by atoms with Crippen molar-refractivity contribution in [3.63, 3.8) is 0 Å². The first-order valence-electron chi connectivity index (χ1n) is 14.8. The van der Waals surface area contributed by atoms with E-state index in [1.165, 1.54) is 5.56 Å². The highest BCUT2D eigenvalue weighted by Gasteiger charge is 2.35. The number of aryl methyl sites for hydroxylation is 1. The maximum Gasteiger partial charge on any atom is 0.305 e. The van der Waals surface area contributed by atoms with E-state index in [4.69, 9.17) is 9.26 Å². The second-order valence-electron chi connectivity index (χ2n) is 11.1. The third-order valence-corrected chi connectivity index (χ3v) is 7.91. The number of benzene rings is 3. The Kier molecular flexibility index (Phi) is 9.66. The second-order valence-corrected chi connectivity index (χ2v) is 11.1. The minimum absolute atomic E-state index is 0.0654. The summed E-state index contributed by atoms with van der Waals surface area (Å²) < 4.78 is 10.5. The number of aromatic hydroxyl groups is 1. The Morgan fingerprint density at radius 3 is 2.52 bits per heavy atom. The quantitative estimate of drug-likeness (QED) is 0.220. The van der Waals surface area contributed by atoms with Crippen LogP contribution in [0, 0.1) is 0 Å². The summed E-state index contributed by atoms with van der Waals surface area (Å²) >= 11 is 0. The van der Waals surface area contributed by atoms with Gasteiger partial charge in [0.15, 0.2) is 0 Å². The van der Waals surface area contributed by atoms with Crippen molar-refractivity contribution in [1.82, 2.24) is 19.9 Å². The van der Waals surface area contributed by atoms with Crippen molar-refractivity contribution in [3.8, 4) is 17.1 Å². The summed E-state index contributed by atoms with van der Waals surface area (Å²) in [7, 11) is 0. The van der Waals surface area contributed by atoms with Crippen LogP contribution < -0.4 is 0 Å². The molecular formula is C34H40N4O4. The number of esters is 1. The third-order valence-electron chi connectivity index (χ3n) is 7.91. The van der Waals surface area contributed by atoms with Gasteiger partial charge in [-0.05, 0) is 62.1 Å². The van der Waals surface area contributed by atoms with Crippen LogP contribution in [0.2, 0.25) is 0 Å². The topological polar surface area (TPSA) is 91.9 Å². The Labute approximate surface area is 247 Å². The van der Waals surface area contributed by atoms with Crippen molar-refractivity contribution >= 4 is 5.97 Å². The molecule has 0 bridgehead atoms. The Bertz CT molecular complexity index is 1460. The minimum atomic E-state index is -0.215. The van der Waals surface area contributed by atoms with Crippen LogP contribution in [-0.2, 0) is 22.5 Å². The summed E-state index contributed by atoms with van der Waals surface area (Å²) in [6.45, 7) is 9.49. The normalized spacial score (nSPS) is 18.5. The fourth-order valence-electron chi connectivity index (χ4n) is 5.83. The van der Waals surface area contributed by atoms with Crippen LogP contribution in [0.1, 0.15) is 62.2 Å². The largest absolute Gasteiger partial charge is 0.508 e. The number of phenols is 1. The molecule has 0 spiro atoms. The molecule has 42 heavy (non-hydrogen) atoms. The van der Waals surface area contributed by atoms with Crippen molar-refractivity contribution < 1.29 is 19.2 Å². The molecule has 3 aromatic carbocycles. The van der Waals surface area contributed by atoms with Gasteiger partial charge in [-0.1, -0.05) is 65.8 Å². The molecule has 1 saturated heterocycles. The van der Waals surface area contributed by atoms with Crippen LogP contribution in [0.4, 0.5) is 0 Å². The first-order valence-corrected chi connectivity index (χ1v) is 14.8. The van der Waals surface area contributed by atoms with Crippen molar-refractivity contribution in [2.45, 2.75) is 64.7 Å². The SMILES string of the molecule is CCOC(=O)CCCc1nc(-c2cccc(C(c3cccc(O)c3)N3CC(C)N(Cc4ccccc4)CC3C)c2)no1. The smallest absolute Gasteiger partial charge is 0.305 e. The lowest BCUT2D eigenvalue weighted by molar-refractivity contribution is -0.143. The Morgan fingerprint density at radius 1 is 1.00 bits per heavy atom. The van der Waals surface area contributed by atoms with E-state index in [-0.39, 0.29) is 23.8 Å². The molecule has 2 heterocycles. The summed E-state index contributed by atoms with van der Waals surface area (Å²) in [5, 5.41) is 14.6. The number of rotatable bonds is 11. The van der Waals surface area contributed by atoms with Crippen molar-refractivity contribution in [3.05, 3.63) is 101 Å². The van der Waals surface area contributed by atoms with Crippen molar-refractivity contribution in [2.75, 3.05) is 19.7 Å². The van der Waals surface area contributed by atoms with Crippen LogP contribution >= 0.6 is 0 Å². The summed E-state index contributed by atoms with van der Waals surface area (Å²) in [6, 6.07) is 27.0. The first-order chi connectivity index (χ1) is 20.4. The number of ether oxygens (including phenoxy) is 1. The first kappa shape index (κ1) is 29.5. The molecular weight excluding hydrogens is 528 g/mol. The Morgan fingerprint density at radius 2 is 1.76 bits per heavy atom. The maximum atomic E-state index is 11.7. The van der Waals surface area contributed by atoms with Crippen LogP contribution in [0.3, 0.4) is 0 Å². The van der Waals surface area contributed by atoms with Gasteiger partial charge in [0.1, 0.15) is 5.75 Å². The number of carbonyl (C=O) groups is 1. The van der Waals surface area contributed by atoms with Crippen LogP contribution in [0.5, 0.6) is 5.75 Å². The summed E-state index contributed by atoms with van der Waals surface area (Å²) in [6.07, 6.45) is 1.42. The number of aromatic nitrogens is 2. The lowest BCUT2D eigenvalue weighted by Crippen LogP contribution is -2.56. The molecule has 1 aromatic heterocycles. The van der Waals surface area contributed by atoms with E-state index in [1.807, 2.05) is 24.3 Å². The summed E-state index contributed by atoms with van der Waals surface area (Å²) in [4.78, 5) is 21.4. The summed E-state index contributed by atoms with van der Waals surface area (Å²) in [5.74, 6) is 1.06. The van der Waals surface area contributed by atoms with Crippen molar-refractivity contribution in [2.24, 2.45) is 0 Å². The molecule has 0 saturated carbocycles. The molecule has 3 unspecified atom stereocenters. The predicted octanol–water partition coefficient (Wildman–Crippen LogP) is 6.01. The number of hydrogen-bond donors (Lipinski definition) is 1. The average molecular weight is 569 g/mol. The van der Waals surface area contributed by atoms with Gasteiger partial charge in [0.05, 0.1) is 12.6 Å². The van der Waals surface area contributed by atoms with Gasteiger partial charge in [0, 0.05) is 50.1 Å². The van der Waals surface area contributed by atoms with Gasteiger partial charge in [0.2, 0.25) is 11.7 Å². The molecule has 0 radical (unpaired) electrons.